The summed E-state index contributed by atoms with van der Waals surface area (Å²) in [6.45, 7) is 4.21. The molecule has 2 aliphatic heterocycles. The van der Waals surface area contributed by atoms with E-state index >= 15 is 0 Å². The molecule has 5 rings (SSSR count). The maximum Gasteiger partial charge on any atom is 0.323 e. The Morgan fingerprint density at radius 3 is 2.64 bits per heavy atom. The largest absolute Gasteiger partial charge is 0.454 e. The Morgan fingerprint density at radius 2 is 1.88 bits per heavy atom. The Labute approximate surface area is 189 Å². The summed E-state index contributed by atoms with van der Waals surface area (Å²) in [4.78, 5) is 17.4. The minimum absolute atomic E-state index is 0.111. The lowest BCUT2D eigenvalue weighted by Crippen LogP contribution is -2.46. The van der Waals surface area contributed by atoms with Crippen molar-refractivity contribution in [3.8, 4) is 11.5 Å². The molecule has 2 aliphatic rings. The van der Waals surface area contributed by atoms with Crippen molar-refractivity contribution in [1.82, 2.24) is 15.2 Å². The fraction of sp³-hybridized carbons (Fsp3) is 0.429. The molecule has 0 unspecified atom stereocenters. The van der Waals surface area contributed by atoms with Crippen LogP contribution in [0.25, 0.3) is 11.0 Å². The van der Waals surface area contributed by atoms with E-state index in [1.807, 2.05) is 18.2 Å². The van der Waals surface area contributed by atoms with Gasteiger partial charge in [0.1, 0.15) is 5.69 Å². The molecule has 3 heterocycles. The van der Waals surface area contributed by atoms with Crippen LogP contribution in [0, 0.1) is 10.1 Å². The van der Waals surface area contributed by atoms with Gasteiger partial charge < -0.3 is 24.4 Å². The number of nitrogens with zero attached hydrogens (tertiary/aromatic N) is 6. The first-order valence-corrected chi connectivity index (χ1v) is 10.7. The molecule has 0 spiro atoms. The van der Waals surface area contributed by atoms with E-state index in [0.29, 0.717) is 24.3 Å². The van der Waals surface area contributed by atoms with Gasteiger partial charge in [-0.3, -0.25) is 15.0 Å². The number of piperazine rings is 1. The monoisotopic (exact) mass is 456 g/mol. The molecule has 1 saturated heterocycles. The van der Waals surface area contributed by atoms with Crippen molar-refractivity contribution in [2.24, 2.45) is 0 Å². The number of rotatable bonds is 7. The molecule has 0 radical (unpaired) electrons. The summed E-state index contributed by atoms with van der Waals surface area (Å²) >= 11 is 0. The molecule has 12 nitrogen and oxygen atoms in total. The second-order valence-electron chi connectivity index (χ2n) is 8.08. The third-order valence-corrected chi connectivity index (χ3v) is 6.06. The molecule has 1 N–H and O–H groups in total. The number of aromatic nitrogens is 2. The van der Waals surface area contributed by atoms with Gasteiger partial charge in [0.25, 0.3) is 0 Å². The quantitative estimate of drug-likeness (QED) is 0.411. The summed E-state index contributed by atoms with van der Waals surface area (Å²) in [5, 5.41) is 28.9. The van der Waals surface area contributed by atoms with Gasteiger partial charge in [-0.15, -0.1) is 0 Å². The summed E-state index contributed by atoms with van der Waals surface area (Å²) in [6.07, 6.45) is 0. The SMILES string of the molecule is CN(CCO)c1cc(N2CCN(Cc3ccc4c(c3)OCO4)CC2)c2nonc2c1[N+](=O)[O-]. The fourth-order valence-electron chi connectivity index (χ4n) is 4.33. The number of benzene rings is 2. The van der Waals surface area contributed by atoms with Gasteiger partial charge in [-0.2, -0.15) is 0 Å². The van der Waals surface area contributed by atoms with Crippen LogP contribution in [0.15, 0.2) is 28.9 Å². The fourth-order valence-corrected chi connectivity index (χ4v) is 4.33. The van der Waals surface area contributed by atoms with Crippen LogP contribution in [0.3, 0.4) is 0 Å². The summed E-state index contributed by atoms with van der Waals surface area (Å²) in [5.41, 5.74) is 2.56. The molecular weight excluding hydrogens is 432 g/mol. The Hall–Kier alpha value is -3.64. The summed E-state index contributed by atoms with van der Waals surface area (Å²) in [5.74, 6) is 1.55. The van der Waals surface area contributed by atoms with Crippen molar-refractivity contribution in [3.05, 3.63) is 39.9 Å². The zero-order valence-electron chi connectivity index (χ0n) is 18.1. The van der Waals surface area contributed by atoms with Crippen molar-refractivity contribution < 1.29 is 24.1 Å². The highest BCUT2D eigenvalue weighted by molar-refractivity contribution is 6.00. The van der Waals surface area contributed by atoms with Gasteiger partial charge in [-0.1, -0.05) is 6.07 Å². The summed E-state index contributed by atoms with van der Waals surface area (Å²) < 4.78 is 15.7. The lowest BCUT2D eigenvalue weighted by atomic mass is 10.1. The van der Waals surface area contributed by atoms with Crippen molar-refractivity contribution in [2.75, 3.05) is 63.0 Å². The van der Waals surface area contributed by atoms with Crippen LogP contribution in [0.4, 0.5) is 17.1 Å². The summed E-state index contributed by atoms with van der Waals surface area (Å²) in [6, 6.07) is 7.74. The molecule has 0 amide bonds. The number of aliphatic hydroxyl groups excluding tert-OH is 1. The van der Waals surface area contributed by atoms with Crippen LogP contribution in [0.2, 0.25) is 0 Å². The van der Waals surface area contributed by atoms with Crippen LogP contribution in [-0.2, 0) is 6.54 Å². The number of hydrogen-bond donors (Lipinski definition) is 1. The lowest BCUT2D eigenvalue weighted by molar-refractivity contribution is -0.382. The predicted molar refractivity (Wildman–Crippen MR) is 119 cm³/mol. The molecular formula is C21H24N6O6. The topological polar surface area (TPSA) is 130 Å². The molecule has 174 valence electrons. The maximum atomic E-state index is 11.8. The van der Waals surface area contributed by atoms with Crippen molar-refractivity contribution in [2.45, 2.75) is 6.54 Å². The zero-order valence-corrected chi connectivity index (χ0v) is 18.1. The molecule has 0 aliphatic carbocycles. The normalized spacial score (nSPS) is 15.9. The molecule has 12 heteroatoms. The van der Waals surface area contributed by atoms with Crippen LogP contribution in [-0.4, -0.2) is 78.4 Å². The van der Waals surface area contributed by atoms with Gasteiger partial charge in [0.05, 0.1) is 17.2 Å². The average Bonchev–Trinajstić information content (AvgIpc) is 3.48. The first-order valence-electron chi connectivity index (χ1n) is 10.7. The first-order chi connectivity index (χ1) is 16.0. The Kier molecular flexibility index (Phi) is 5.60. The van der Waals surface area contributed by atoms with E-state index in [0.717, 1.165) is 42.4 Å². The van der Waals surface area contributed by atoms with E-state index < -0.39 is 4.92 Å². The molecule has 0 saturated carbocycles. The molecule has 3 aromatic rings. The minimum atomic E-state index is -0.483. The van der Waals surface area contributed by atoms with Crippen LogP contribution in [0.5, 0.6) is 11.5 Å². The number of nitro groups is 1. The lowest BCUT2D eigenvalue weighted by Gasteiger charge is -2.36. The van der Waals surface area contributed by atoms with Gasteiger partial charge in [-0.25, -0.2) is 4.63 Å². The van der Waals surface area contributed by atoms with E-state index in [1.165, 1.54) is 0 Å². The Morgan fingerprint density at radius 1 is 1.12 bits per heavy atom. The third kappa shape index (κ3) is 3.98. The standard InChI is InChI=1S/C21H24N6O6/c1-24(8-9-28)16-11-15(19-20(23-33-22-19)21(16)27(29)30)26-6-4-25(5-7-26)12-14-2-3-17-18(10-14)32-13-31-17/h2-3,10-11,28H,4-9,12-13H2,1H3. The number of hydrogen-bond acceptors (Lipinski definition) is 11. The highest BCUT2D eigenvalue weighted by atomic mass is 16.7. The number of ether oxygens (including phenoxy) is 2. The summed E-state index contributed by atoms with van der Waals surface area (Å²) in [7, 11) is 1.70. The Balaban J connectivity index is 1.36. The van der Waals surface area contributed by atoms with Gasteiger partial charge in [0.15, 0.2) is 17.0 Å². The van der Waals surface area contributed by atoms with Gasteiger partial charge in [-0.05, 0) is 34.1 Å². The first kappa shape index (κ1) is 21.2. The van der Waals surface area contributed by atoms with Crippen LogP contribution in [0.1, 0.15) is 5.56 Å². The molecule has 2 aromatic carbocycles. The number of aliphatic hydroxyl groups is 1. The predicted octanol–water partition coefficient (Wildman–Crippen LogP) is 1.61. The second kappa shape index (κ2) is 8.71. The third-order valence-electron chi connectivity index (χ3n) is 6.06. The van der Waals surface area contributed by atoms with E-state index in [2.05, 4.69) is 20.1 Å². The van der Waals surface area contributed by atoms with Gasteiger partial charge in [0.2, 0.25) is 12.3 Å². The molecule has 1 fully saturated rings. The maximum absolute atomic E-state index is 11.8. The molecule has 33 heavy (non-hydrogen) atoms. The highest BCUT2D eigenvalue weighted by Crippen LogP contribution is 2.40. The van der Waals surface area contributed by atoms with Crippen molar-refractivity contribution >= 4 is 28.1 Å². The number of likely N-dealkylation sites (N-methyl/N-ethyl adjacent to an activating group) is 1. The highest BCUT2D eigenvalue weighted by Gasteiger charge is 2.30. The number of anilines is 2. The van der Waals surface area contributed by atoms with Crippen molar-refractivity contribution in [1.29, 1.82) is 0 Å². The van der Waals surface area contributed by atoms with Gasteiger partial charge in [0, 0.05) is 46.3 Å². The number of fused-ring (bicyclic) bond motifs is 2. The van der Waals surface area contributed by atoms with Gasteiger partial charge >= 0.3 is 5.69 Å². The number of nitro benzene ring substituents is 1. The minimum Gasteiger partial charge on any atom is -0.454 e. The van der Waals surface area contributed by atoms with E-state index in [9.17, 15) is 15.2 Å². The van der Waals surface area contributed by atoms with E-state index in [1.54, 1.807) is 18.0 Å². The molecule has 0 atom stereocenters. The van der Waals surface area contributed by atoms with Crippen LogP contribution < -0.4 is 19.3 Å². The second-order valence-corrected chi connectivity index (χ2v) is 8.08. The smallest absolute Gasteiger partial charge is 0.323 e. The van der Waals surface area contributed by atoms with E-state index in [4.69, 9.17) is 14.1 Å². The van der Waals surface area contributed by atoms with E-state index in [-0.39, 0.29) is 31.1 Å². The van der Waals surface area contributed by atoms with Crippen molar-refractivity contribution in [3.63, 3.8) is 0 Å². The Bertz CT molecular complexity index is 1180. The zero-order chi connectivity index (χ0) is 22.9. The van der Waals surface area contributed by atoms with Crippen LogP contribution >= 0.6 is 0 Å². The molecule has 0 bridgehead atoms. The molecule has 1 aromatic heterocycles. The average molecular weight is 456 g/mol.